The molecule has 0 saturated heterocycles. The number of carbonyl (C=O) groups is 1. The molecule has 3 rings (SSSR count). The number of aromatic carboxylic acids is 1. The van der Waals surface area contributed by atoms with Crippen LogP contribution in [0.3, 0.4) is 0 Å². The van der Waals surface area contributed by atoms with Gasteiger partial charge < -0.3 is 15.5 Å². The van der Waals surface area contributed by atoms with E-state index in [1.165, 1.54) is 0 Å². The number of aliphatic hydroxyl groups is 1. The van der Waals surface area contributed by atoms with Crippen LogP contribution in [0.4, 0.5) is 5.82 Å². The Balaban J connectivity index is 1.93. The van der Waals surface area contributed by atoms with Crippen molar-refractivity contribution in [3.8, 4) is 11.3 Å². The van der Waals surface area contributed by atoms with Crippen LogP contribution in [0.1, 0.15) is 16.8 Å². The quantitative estimate of drug-likeness (QED) is 0.601. The van der Waals surface area contributed by atoms with Crippen molar-refractivity contribution >= 4 is 17.4 Å². The van der Waals surface area contributed by atoms with Crippen LogP contribution in [-0.2, 0) is 0 Å². The third-order valence-electron chi connectivity index (χ3n) is 3.43. The number of hydrogen-bond acceptors (Lipinski definition) is 5. The third kappa shape index (κ3) is 3.14. The first-order valence-electron chi connectivity index (χ1n) is 7.22. The summed E-state index contributed by atoms with van der Waals surface area (Å²) < 4.78 is 1.71. The molecule has 0 aliphatic rings. The summed E-state index contributed by atoms with van der Waals surface area (Å²) in [5.41, 5.74) is 2.56. The summed E-state index contributed by atoms with van der Waals surface area (Å²) in [6.45, 7) is 0.758. The molecule has 0 unspecified atom stereocenters. The molecule has 2 heterocycles. The maximum Gasteiger partial charge on any atom is 0.335 e. The second-order valence-corrected chi connectivity index (χ2v) is 5.02. The number of imidazole rings is 1. The Morgan fingerprint density at radius 2 is 1.96 bits per heavy atom. The molecule has 0 spiro atoms. The molecule has 0 bridgehead atoms. The summed E-state index contributed by atoms with van der Waals surface area (Å²) in [5.74, 6) is -0.268. The van der Waals surface area contributed by atoms with Gasteiger partial charge in [0.05, 0.1) is 17.5 Å². The molecule has 7 heteroatoms. The minimum Gasteiger partial charge on any atom is -0.478 e. The molecule has 0 amide bonds. The minimum atomic E-state index is -0.955. The van der Waals surface area contributed by atoms with Gasteiger partial charge in [0.2, 0.25) is 0 Å². The molecule has 3 N–H and O–H groups in total. The zero-order valence-electron chi connectivity index (χ0n) is 12.3. The van der Waals surface area contributed by atoms with E-state index in [1.807, 2.05) is 12.1 Å². The lowest BCUT2D eigenvalue weighted by atomic mass is 10.1. The van der Waals surface area contributed by atoms with E-state index in [2.05, 4.69) is 15.4 Å². The molecule has 0 saturated carbocycles. The normalized spacial score (nSPS) is 10.8. The van der Waals surface area contributed by atoms with Gasteiger partial charge in [-0.1, -0.05) is 12.1 Å². The van der Waals surface area contributed by atoms with Crippen LogP contribution >= 0.6 is 0 Å². The third-order valence-corrected chi connectivity index (χ3v) is 3.43. The number of aliphatic hydroxyl groups excluding tert-OH is 1. The van der Waals surface area contributed by atoms with Gasteiger partial charge in [0.25, 0.3) is 0 Å². The highest BCUT2D eigenvalue weighted by molar-refractivity contribution is 5.88. The van der Waals surface area contributed by atoms with Gasteiger partial charge in [-0.2, -0.15) is 0 Å². The molecular formula is C16H16N4O3. The summed E-state index contributed by atoms with van der Waals surface area (Å²) in [6.07, 6.45) is 2.35. The highest BCUT2D eigenvalue weighted by Crippen LogP contribution is 2.21. The van der Waals surface area contributed by atoms with Crippen molar-refractivity contribution in [2.24, 2.45) is 0 Å². The second kappa shape index (κ2) is 6.45. The molecule has 0 aliphatic carbocycles. The Morgan fingerprint density at radius 1 is 1.17 bits per heavy atom. The molecule has 23 heavy (non-hydrogen) atoms. The van der Waals surface area contributed by atoms with Crippen LogP contribution in [0.5, 0.6) is 0 Å². The monoisotopic (exact) mass is 312 g/mol. The van der Waals surface area contributed by atoms with E-state index >= 15 is 0 Å². The number of aromatic nitrogens is 3. The van der Waals surface area contributed by atoms with Gasteiger partial charge >= 0.3 is 5.97 Å². The molecule has 118 valence electrons. The van der Waals surface area contributed by atoms with Crippen molar-refractivity contribution in [2.75, 3.05) is 18.5 Å². The van der Waals surface area contributed by atoms with E-state index in [1.54, 1.807) is 35.0 Å². The number of rotatable bonds is 6. The van der Waals surface area contributed by atoms with Gasteiger partial charge in [-0.3, -0.25) is 0 Å². The summed E-state index contributed by atoms with van der Waals surface area (Å²) in [4.78, 5) is 15.2. The standard InChI is InChI=1S/C16H16N4O3/c21-9-1-8-17-14-6-7-15-18-10-13(20(15)19-14)11-2-4-12(5-3-11)16(22)23/h2-7,10,21H,1,8-9H2,(H,17,19)(H,22,23). The number of benzene rings is 1. The van der Waals surface area contributed by atoms with Crippen LogP contribution in [0.15, 0.2) is 42.6 Å². The highest BCUT2D eigenvalue weighted by Gasteiger charge is 2.09. The zero-order valence-corrected chi connectivity index (χ0v) is 12.3. The Bertz CT molecular complexity index is 827. The number of nitrogens with one attached hydrogen (secondary N) is 1. The van der Waals surface area contributed by atoms with Gasteiger partial charge in [0, 0.05) is 18.7 Å². The first kappa shape index (κ1) is 15.0. The van der Waals surface area contributed by atoms with Crippen LogP contribution in [0.25, 0.3) is 16.9 Å². The first-order chi connectivity index (χ1) is 11.2. The Kier molecular flexibility index (Phi) is 4.20. The van der Waals surface area contributed by atoms with Crippen molar-refractivity contribution in [2.45, 2.75) is 6.42 Å². The van der Waals surface area contributed by atoms with Gasteiger partial charge in [0.1, 0.15) is 5.82 Å². The minimum absolute atomic E-state index is 0.126. The fourth-order valence-electron chi connectivity index (χ4n) is 2.24. The molecule has 0 fully saturated rings. The van der Waals surface area contributed by atoms with Crippen LogP contribution in [0.2, 0.25) is 0 Å². The summed E-state index contributed by atoms with van der Waals surface area (Å²) in [7, 11) is 0. The van der Waals surface area contributed by atoms with Crippen molar-refractivity contribution in [1.82, 2.24) is 14.6 Å². The predicted octanol–water partition coefficient (Wildman–Crippen LogP) is 1.89. The van der Waals surface area contributed by atoms with E-state index in [4.69, 9.17) is 10.2 Å². The van der Waals surface area contributed by atoms with E-state index in [0.29, 0.717) is 24.4 Å². The Labute approximate surface area is 132 Å². The average Bonchev–Trinajstić information content (AvgIpc) is 2.98. The number of carboxylic acids is 1. The van der Waals surface area contributed by atoms with Crippen molar-refractivity contribution < 1.29 is 15.0 Å². The van der Waals surface area contributed by atoms with E-state index in [0.717, 1.165) is 11.3 Å². The Morgan fingerprint density at radius 3 is 2.65 bits per heavy atom. The van der Waals surface area contributed by atoms with Crippen LogP contribution < -0.4 is 5.32 Å². The average molecular weight is 312 g/mol. The number of carboxylic acid groups (broad SMARTS) is 1. The predicted molar refractivity (Wildman–Crippen MR) is 85.6 cm³/mol. The smallest absolute Gasteiger partial charge is 0.335 e. The molecule has 2 aromatic heterocycles. The van der Waals surface area contributed by atoms with Crippen molar-refractivity contribution in [1.29, 1.82) is 0 Å². The van der Waals surface area contributed by atoms with Gasteiger partial charge in [-0.25, -0.2) is 14.3 Å². The molecule has 3 aromatic rings. The van der Waals surface area contributed by atoms with Crippen LogP contribution in [-0.4, -0.2) is 43.9 Å². The molecule has 0 atom stereocenters. The highest BCUT2D eigenvalue weighted by atomic mass is 16.4. The number of anilines is 1. The van der Waals surface area contributed by atoms with Gasteiger partial charge in [0.15, 0.2) is 5.65 Å². The van der Waals surface area contributed by atoms with E-state index in [-0.39, 0.29) is 12.2 Å². The molecule has 1 aromatic carbocycles. The van der Waals surface area contributed by atoms with Gasteiger partial charge in [-0.05, 0) is 30.7 Å². The molecule has 0 radical (unpaired) electrons. The SMILES string of the molecule is O=C(O)c1ccc(-c2cnc3ccc(NCCCO)nn23)cc1. The van der Waals surface area contributed by atoms with Crippen molar-refractivity contribution in [3.63, 3.8) is 0 Å². The molecular weight excluding hydrogens is 296 g/mol. The zero-order chi connectivity index (χ0) is 16.2. The summed E-state index contributed by atoms with van der Waals surface area (Å²) in [6, 6.07) is 10.3. The summed E-state index contributed by atoms with van der Waals surface area (Å²) >= 11 is 0. The molecule has 7 nitrogen and oxygen atoms in total. The second-order valence-electron chi connectivity index (χ2n) is 5.02. The topological polar surface area (TPSA) is 99.8 Å². The van der Waals surface area contributed by atoms with Gasteiger partial charge in [-0.15, -0.1) is 5.10 Å². The lowest BCUT2D eigenvalue weighted by Crippen LogP contribution is -2.07. The van der Waals surface area contributed by atoms with E-state index in [9.17, 15) is 4.79 Å². The maximum atomic E-state index is 10.9. The maximum absolute atomic E-state index is 10.9. The first-order valence-corrected chi connectivity index (χ1v) is 7.22. The lowest BCUT2D eigenvalue weighted by Gasteiger charge is -2.06. The van der Waals surface area contributed by atoms with Crippen LogP contribution in [0, 0.1) is 0 Å². The fraction of sp³-hybridized carbons (Fsp3) is 0.188. The lowest BCUT2D eigenvalue weighted by molar-refractivity contribution is 0.0697. The summed E-state index contributed by atoms with van der Waals surface area (Å²) in [5, 5.41) is 25.4. The number of nitrogens with zero attached hydrogens (tertiary/aromatic N) is 3. The van der Waals surface area contributed by atoms with Crippen molar-refractivity contribution in [3.05, 3.63) is 48.2 Å². The largest absolute Gasteiger partial charge is 0.478 e. The number of fused-ring (bicyclic) bond motifs is 1. The molecule has 0 aliphatic heterocycles. The number of hydrogen-bond donors (Lipinski definition) is 3. The Hall–Kier alpha value is -2.93. The fourth-order valence-corrected chi connectivity index (χ4v) is 2.24. The van der Waals surface area contributed by atoms with E-state index < -0.39 is 5.97 Å².